The van der Waals surface area contributed by atoms with Gasteiger partial charge in [0.1, 0.15) is 11.5 Å². The molecule has 4 N–H and O–H groups in total. The van der Waals surface area contributed by atoms with Gasteiger partial charge < -0.3 is 15.5 Å². The van der Waals surface area contributed by atoms with Gasteiger partial charge in [-0.05, 0) is 48.6 Å². The number of hydrogen-bond donors (Lipinski definition) is 4. The van der Waals surface area contributed by atoms with Gasteiger partial charge in [0.05, 0.1) is 17.8 Å². The SMILES string of the molecule is N#Cc1ccc(NC(=S)N/N=C/c2ccc(O)cc2O)cc1. The van der Waals surface area contributed by atoms with Crippen LogP contribution in [-0.2, 0) is 0 Å². The summed E-state index contributed by atoms with van der Waals surface area (Å²) in [6.45, 7) is 0. The highest BCUT2D eigenvalue weighted by atomic mass is 32.1. The number of hydrogen-bond acceptors (Lipinski definition) is 5. The van der Waals surface area contributed by atoms with Crippen molar-refractivity contribution in [1.82, 2.24) is 5.43 Å². The third-order valence-electron chi connectivity index (χ3n) is 2.66. The van der Waals surface area contributed by atoms with Crippen LogP contribution in [-0.4, -0.2) is 21.5 Å². The fourth-order valence-electron chi connectivity index (χ4n) is 1.59. The molecule has 0 amide bonds. The van der Waals surface area contributed by atoms with Gasteiger partial charge in [0.15, 0.2) is 5.11 Å². The first kappa shape index (κ1) is 15.3. The van der Waals surface area contributed by atoms with Gasteiger partial charge in [-0.25, -0.2) is 0 Å². The van der Waals surface area contributed by atoms with Crippen molar-refractivity contribution >= 4 is 29.2 Å². The zero-order chi connectivity index (χ0) is 15.9. The maximum Gasteiger partial charge on any atom is 0.191 e. The zero-order valence-corrected chi connectivity index (χ0v) is 12.1. The largest absolute Gasteiger partial charge is 0.508 e. The van der Waals surface area contributed by atoms with Gasteiger partial charge in [-0.15, -0.1) is 0 Å². The summed E-state index contributed by atoms with van der Waals surface area (Å²) in [5.74, 6) is -0.114. The Hall–Kier alpha value is -3.11. The van der Waals surface area contributed by atoms with E-state index in [0.717, 1.165) is 5.69 Å². The van der Waals surface area contributed by atoms with Crippen LogP contribution in [0.4, 0.5) is 5.69 Å². The summed E-state index contributed by atoms with van der Waals surface area (Å²) in [6.07, 6.45) is 1.38. The van der Waals surface area contributed by atoms with Gasteiger partial charge in [-0.2, -0.15) is 10.4 Å². The van der Waals surface area contributed by atoms with Crippen LogP contribution in [0.3, 0.4) is 0 Å². The standard InChI is InChI=1S/C15H12N4O2S/c16-8-10-1-4-12(5-2-10)18-15(22)19-17-9-11-3-6-13(20)7-14(11)21/h1-7,9,20-21H,(H2,18,19,22)/b17-9+. The molecule has 0 bridgehead atoms. The van der Waals surface area contributed by atoms with Gasteiger partial charge >= 0.3 is 0 Å². The number of phenols is 2. The highest BCUT2D eigenvalue weighted by molar-refractivity contribution is 7.80. The number of aromatic hydroxyl groups is 2. The molecule has 0 aliphatic rings. The minimum absolute atomic E-state index is 0.0272. The molecule has 0 saturated heterocycles. The van der Waals surface area contributed by atoms with Gasteiger partial charge in [-0.1, -0.05) is 0 Å². The molecule has 0 radical (unpaired) electrons. The van der Waals surface area contributed by atoms with E-state index in [1.807, 2.05) is 6.07 Å². The second-order valence-electron chi connectivity index (χ2n) is 4.26. The van der Waals surface area contributed by atoms with Gasteiger partial charge in [0.2, 0.25) is 0 Å². The number of rotatable bonds is 3. The van der Waals surface area contributed by atoms with Crippen molar-refractivity contribution < 1.29 is 10.2 Å². The predicted octanol–water partition coefficient (Wildman–Crippen LogP) is 2.29. The zero-order valence-electron chi connectivity index (χ0n) is 11.3. The first-order valence-electron chi connectivity index (χ1n) is 6.20. The minimum Gasteiger partial charge on any atom is -0.508 e. The Labute approximate surface area is 132 Å². The van der Waals surface area contributed by atoms with E-state index in [2.05, 4.69) is 15.8 Å². The molecule has 0 fully saturated rings. The fourth-order valence-corrected chi connectivity index (χ4v) is 1.76. The Kier molecular flexibility index (Phi) is 4.90. The van der Waals surface area contributed by atoms with Crippen LogP contribution in [0, 0.1) is 11.3 Å². The monoisotopic (exact) mass is 312 g/mol. The molecule has 0 saturated carbocycles. The van der Waals surface area contributed by atoms with Crippen molar-refractivity contribution in [1.29, 1.82) is 5.26 Å². The first-order valence-corrected chi connectivity index (χ1v) is 6.61. The van der Waals surface area contributed by atoms with Crippen LogP contribution in [0.25, 0.3) is 0 Å². The van der Waals surface area contributed by atoms with Crippen molar-refractivity contribution in [3.63, 3.8) is 0 Å². The average molecular weight is 312 g/mol. The smallest absolute Gasteiger partial charge is 0.191 e. The molecule has 6 nitrogen and oxygen atoms in total. The molecular formula is C15H12N4O2S. The third kappa shape index (κ3) is 4.19. The summed E-state index contributed by atoms with van der Waals surface area (Å²) in [6, 6.07) is 13.0. The van der Waals surface area contributed by atoms with Crippen molar-refractivity contribution in [2.24, 2.45) is 5.10 Å². The summed E-state index contributed by atoms with van der Waals surface area (Å²) < 4.78 is 0. The summed E-state index contributed by atoms with van der Waals surface area (Å²) in [4.78, 5) is 0. The normalized spacial score (nSPS) is 10.1. The van der Waals surface area contributed by atoms with E-state index in [9.17, 15) is 10.2 Å². The molecule has 0 aliphatic carbocycles. The number of nitrogens with zero attached hydrogens (tertiary/aromatic N) is 2. The summed E-state index contributed by atoms with van der Waals surface area (Å²) in [5, 5.41) is 34.5. The number of nitrogens with one attached hydrogen (secondary N) is 2. The Bertz CT molecular complexity index is 751. The van der Waals surface area contributed by atoms with Crippen molar-refractivity contribution in [2.45, 2.75) is 0 Å². The lowest BCUT2D eigenvalue weighted by molar-refractivity contribution is 0.450. The lowest BCUT2D eigenvalue weighted by Crippen LogP contribution is -2.23. The van der Waals surface area contributed by atoms with E-state index in [-0.39, 0.29) is 16.6 Å². The number of phenolic OH excluding ortho intramolecular Hbond substituents is 2. The Morgan fingerprint density at radius 1 is 1.18 bits per heavy atom. The van der Waals surface area contributed by atoms with Crippen molar-refractivity contribution in [2.75, 3.05) is 5.32 Å². The molecule has 0 spiro atoms. The molecule has 0 aliphatic heterocycles. The summed E-state index contributed by atoms with van der Waals surface area (Å²) >= 11 is 5.06. The highest BCUT2D eigenvalue weighted by Gasteiger charge is 2.00. The molecule has 110 valence electrons. The highest BCUT2D eigenvalue weighted by Crippen LogP contribution is 2.20. The maximum absolute atomic E-state index is 9.59. The number of thiocarbonyl (C=S) groups is 1. The van der Waals surface area contributed by atoms with Gasteiger partial charge in [0, 0.05) is 17.3 Å². The summed E-state index contributed by atoms with van der Waals surface area (Å²) in [7, 11) is 0. The lowest BCUT2D eigenvalue weighted by atomic mass is 10.2. The Balaban J connectivity index is 1.91. The maximum atomic E-state index is 9.59. The molecule has 2 rings (SSSR count). The van der Waals surface area contributed by atoms with E-state index < -0.39 is 0 Å². The van der Waals surface area contributed by atoms with E-state index in [4.69, 9.17) is 17.5 Å². The second-order valence-corrected chi connectivity index (χ2v) is 4.66. The van der Waals surface area contributed by atoms with E-state index in [1.54, 1.807) is 24.3 Å². The van der Waals surface area contributed by atoms with Crippen molar-refractivity contribution in [3.05, 3.63) is 53.6 Å². The van der Waals surface area contributed by atoms with Crippen molar-refractivity contribution in [3.8, 4) is 17.6 Å². The predicted molar refractivity (Wildman–Crippen MR) is 87.9 cm³/mol. The molecule has 2 aromatic carbocycles. The third-order valence-corrected chi connectivity index (χ3v) is 2.85. The average Bonchev–Trinajstić information content (AvgIpc) is 2.50. The molecule has 0 unspecified atom stereocenters. The number of hydrazone groups is 1. The number of benzene rings is 2. The van der Waals surface area contributed by atoms with Crippen LogP contribution in [0.2, 0.25) is 0 Å². The van der Waals surface area contributed by atoms with E-state index in [0.29, 0.717) is 11.1 Å². The second kappa shape index (κ2) is 7.06. The number of nitriles is 1. The van der Waals surface area contributed by atoms with Gasteiger partial charge in [-0.3, -0.25) is 5.43 Å². The minimum atomic E-state index is -0.0866. The van der Waals surface area contributed by atoms with Crippen LogP contribution < -0.4 is 10.7 Å². The van der Waals surface area contributed by atoms with Crippen LogP contribution in [0.5, 0.6) is 11.5 Å². The van der Waals surface area contributed by atoms with Crippen LogP contribution in [0.15, 0.2) is 47.6 Å². The molecule has 22 heavy (non-hydrogen) atoms. The van der Waals surface area contributed by atoms with Crippen LogP contribution in [0.1, 0.15) is 11.1 Å². The fraction of sp³-hybridized carbons (Fsp3) is 0. The molecular weight excluding hydrogens is 300 g/mol. The quantitative estimate of drug-likeness (QED) is 0.394. The first-order chi connectivity index (χ1) is 10.6. The lowest BCUT2D eigenvalue weighted by Gasteiger charge is -2.06. The molecule has 2 aromatic rings. The molecule has 0 heterocycles. The number of anilines is 1. The van der Waals surface area contributed by atoms with Gasteiger partial charge in [0.25, 0.3) is 0 Å². The molecule has 7 heteroatoms. The van der Waals surface area contributed by atoms with E-state index in [1.165, 1.54) is 24.4 Å². The Morgan fingerprint density at radius 3 is 2.55 bits per heavy atom. The molecule has 0 aromatic heterocycles. The Morgan fingerprint density at radius 2 is 1.91 bits per heavy atom. The van der Waals surface area contributed by atoms with E-state index >= 15 is 0 Å². The summed E-state index contributed by atoms with van der Waals surface area (Å²) in [5.41, 5.74) is 4.32. The molecule has 0 atom stereocenters. The van der Waals surface area contributed by atoms with Crippen LogP contribution >= 0.6 is 12.2 Å². The topological polar surface area (TPSA) is 101 Å².